The smallest absolute Gasteiger partial charge is 0.134 e. The van der Waals surface area contributed by atoms with E-state index in [2.05, 4.69) is 69.0 Å². The summed E-state index contributed by atoms with van der Waals surface area (Å²) in [5.41, 5.74) is 10.9. The summed E-state index contributed by atoms with van der Waals surface area (Å²) in [5, 5.41) is 1.07. The summed E-state index contributed by atoms with van der Waals surface area (Å²) in [6.45, 7) is 14.1. The van der Waals surface area contributed by atoms with E-state index in [0.29, 0.717) is 6.42 Å². The first-order valence-corrected chi connectivity index (χ1v) is 14.3. The summed E-state index contributed by atoms with van der Waals surface area (Å²) in [6.07, 6.45) is 8.73. The monoisotopic (exact) mass is 549 g/mol. The third-order valence-electron chi connectivity index (χ3n) is 6.99. The molecule has 0 saturated carbocycles. The molecule has 5 aromatic rings. The van der Waals surface area contributed by atoms with Crippen LogP contribution < -0.4 is 0 Å². The van der Waals surface area contributed by atoms with Crippen molar-refractivity contribution in [3.8, 4) is 11.3 Å². The molecule has 5 rings (SSSR count). The maximum atomic E-state index is 5.00. The van der Waals surface area contributed by atoms with Gasteiger partial charge in [-0.3, -0.25) is 4.99 Å². The first-order valence-electron chi connectivity index (χ1n) is 14.3. The van der Waals surface area contributed by atoms with Crippen molar-refractivity contribution in [3.63, 3.8) is 0 Å². The molecule has 0 saturated heterocycles. The van der Waals surface area contributed by atoms with Crippen LogP contribution in [0.2, 0.25) is 0 Å². The fraction of sp³-hybridized carbons (Fsp3) is 0.154. The standard InChI is InChI=1S/C30H29N3.C9H10/c1-5-6-8-13-22(3)31-29-21(2)18-19-25(23(29)4)20-28-32-27-17-12-11-16-26(27)30(33-28)24-14-9-7-10-15-24;1-8(2)9-6-4-3-5-7-9/h5-19H,20H2,1-4H3;3-7H,1H2,2H3/b6-5-,13-8-,31-22?;. The summed E-state index contributed by atoms with van der Waals surface area (Å²) >= 11 is 0. The molecule has 210 valence electrons. The minimum atomic E-state index is 0.659. The van der Waals surface area contributed by atoms with Crippen molar-refractivity contribution in [2.24, 2.45) is 4.99 Å². The first-order chi connectivity index (χ1) is 20.4. The largest absolute Gasteiger partial charge is 0.253 e. The zero-order chi connectivity index (χ0) is 29.9. The molecular formula is C39H39N3. The molecule has 0 aliphatic rings. The van der Waals surface area contributed by atoms with E-state index in [1.54, 1.807) is 0 Å². The molecular weight excluding hydrogens is 510 g/mol. The Morgan fingerprint density at radius 3 is 2.12 bits per heavy atom. The van der Waals surface area contributed by atoms with E-state index in [1.165, 1.54) is 22.3 Å². The summed E-state index contributed by atoms with van der Waals surface area (Å²) in [7, 11) is 0. The van der Waals surface area contributed by atoms with E-state index in [-0.39, 0.29) is 0 Å². The summed E-state index contributed by atoms with van der Waals surface area (Å²) in [5.74, 6) is 0.819. The average molecular weight is 550 g/mol. The Kier molecular flexibility index (Phi) is 10.5. The van der Waals surface area contributed by atoms with Gasteiger partial charge >= 0.3 is 0 Å². The van der Waals surface area contributed by atoms with E-state index < -0.39 is 0 Å². The highest BCUT2D eigenvalue weighted by molar-refractivity contribution is 5.95. The molecule has 0 spiro atoms. The number of rotatable bonds is 7. The molecule has 0 atom stereocenters. The van der Waals surface area contributed by atoms with Gasteiger partial charge in [0.05, 0.1) is 16.9 Å². The van der Waals surface area contributed by atoms with Crippen LogP contribution in [0.1, 0.15) is 48.8 Å². The number of allylic oxidation sites excluding steroid dienone is 5. The van der Waals surface area contributed by atoms with Crippen LogP contribution in [0.25, 0.3) is 27.7 Å². The second kappa shape index (κ2) is 14.7. The van der Waals surface area contributed by atoms with Gasteiger partial charge in [-0.25, -0.2) is 9.97 Å². The molecule has 0 aliphatic heterocycles. The highest BCUT2D eigenvalue weighted by Gasteiger charge is 2.13. The van der Waals surface area contributed by atoms with Gasteiger partial charge in [0.15, 0.2) is 0 Å². The molecule has 0 unspecified atom stereocenters. The minimum Gasteiger partial charge on any atom is -0.253 e. The lowest BCUT2D eigenvalue weighted by atomic mass is 9.99. The lowest BCUT2D eigenvalue weighted by molar-refractivity contribution is 0.985. The number of hydrogen-bond acceptors (Lipinski definition) is 3. The lowest BCUT2D eigenvalue weighted by Gasteiger charge is -2.13. The molecule has 1 aromatic heterocycles. The number of hydrogen-bond donors (Lipinski definition) is 0. The zero-order valence-electron chi connectivity index (χ0n) is 25.3. The van der Waals surface area contributed by atoms with Gasteiger partial charge in [-0.05, 0) is 69.0 Å². The summed E-state index contributed by atoms with van der Waals surface area (Å²) in [6, 6.07) is 33.0. The normalized spacial score (nSPS) is 11.6. The fourth-order valence-electron chi connectivity index (χ4n) is 4.67. The summed E-state index contributed by atoms with van der Waals surface area (Å²) < 4.78 is 0. The molecule has 4 aromatic carbocycles. The molecule has 1 heterocycles. The molecule has 3 heteroatoms. The lowest BCUT2D eigenvalue weighted by Crippen LogP contribution is -2.02. The van der Waals surface area contributed by atoms with Crippen LogP contribution >= 0.6 is 0 Å². The molecule has 0 bridgehead atoms. The Morgan fingerprint density at radius 1 is 0.786 bits per heavy atom. The Hall–Kier alpha value is -4.89. The van der Waals surface area contributed by atoms with Gasteiger partial charge < -0.3 is 0 Å². The molecule has 3 nitrogen and oxygen atoms in total. The maximum absolute atomic E-state index is 5.00. The number of aromatic nitrogens is 2. The Balaban J connectivity index is 0.000000385. The van der Waals surface area contributed by atoms with Crippen LogP contribution in [0.3, 0.4) is 0 Å². The van der Waals surface area contributed by atoms with Gasteiger partial charge in [0.25, 0.3) is 0 Å². The highest BCUT2D eigenvalue weighted by Crippen LogP contribution is 2.30. The van der Waals surface area contributed by atoms with Gasteiger partial charge in [-0.1, -0.05) is 121 Å². The second-order valence-electron chi connectivity index (χ2n) is 10.3. The van der Waals surface area contributed by atoms with Crippen molar-refractivity contribution in [1.29, 1.82) is 0 Å². The molecule has 0 amide bonds. The van der Waals surface area contributed by atoms with Crippen molar-refractivity contribution < 1.29 is 0 Å². The van der Waals surface area contributed by atoms with Gasteiger partial charge in [-0.2, -0.15) is 0 Å². The number of benzene rings is 4. The van der Waals surface area contributed by atoms with Crippen LogP contribution in [-0.2, 0) is 6.42 Å². The number of aryl methyl sites for hydroxylation is 1. The Morgan fingerprint density at radius 2 is 1.45 bits per heavy atom. The highest BCUT2D eigenvalue weighted by atomic mass is 14.9. The quantitative estimate of drug-likeness (QED) is 0.150. The molecule has 0 fully saturated rings. The predicted octanol–water partition coefficient (Wildman–Crippen LogP) is 10.4. The van der Waals surface area contributed by atoms with Gasteiger partial charge in [-0.15, -0.1) is 0 Å². The van der Waals surface area contributed by atoms with Crippen molar-refractivity contribution in [2.75, 3.05) is 0 Å². The number of para-hydroxylation sites is 1. The Labute approximate surface area is 250 Å². The van der Waals surface area contributed by atoms with Gasteiger partial charge in [0, 0.05) is 23.1 Å². The minimum absolute atomic E-state index is 0.659. The van der Waals surface area contributed by atoms with Crippen LogP contribution in [0.5, 0.6) is 0 Å². The van der Waals surface area contributed by atoms with Crippen molar-refractivity contribution >= 4 is 27.9 Å². The number of aliphatic imine (C=N–C) groups is 1. The molecule has 0 radical (unpaired) electrons. The first kappa shape index (κ1) is 30.1. The topological polar surface area (TPSA) is 38.1 Å². The van der Waals surface area contributed by atoms with Gasteiger partial charge in [0.2, 0.25) is 0 Å². The average Bonchev–Trinajstić information content (AvgIpc) is 3.01. The van der Waals surface area contributed by atoms with Crippen LogP contribution in [0.4, 0.5) is 5.69 Å². The van der Waals surface area contributed by atoms with Crippen molar-refractivity contribution in [1.82, 2.24) is 9.97 Å². The molecule has 0 N–H and O–H groups in total. The number of nitrogens with zero attached hydrogens (tertiary/aromatic N) is 3. The van der Waals surface area contributed by atoms with E-state index in [9.17, 15) is 0 Å². The van der Waals surface area contributed by atoms with Crippen molar-refractivity contribution in [3.05, 3.63) is 156 Å². The zero-order valence-corrected chi connectivity index (χ0v) is 25.3. The summed E-state index contributed by atoms with van der Waals surface area (Å²) in [4.78, 5) is 14.8. The van der Waals surface area contributed by atoms with Crippen molar-refractivity contribution in [2.45, 2.75) is 41.0 Å². The van der Waals surface area contributed by atoms with E-state index >= 15 is 0 Å². The number of fused-ring (bicyclic) bond motifs is 1. The maximum Gasteiger partial charge on any atom is 0.134 e. The second-order valence-corrected chi connectivity index (χ2v) is 10.3. The SMILES string of the molecule is C/C=C\C=C/C(C)=Nc1c(C)ccc(Cc2nc(-c3ccccc3)c3ccccc3n2)c1C.C=C(C)c1ccccc1. The molecule has 42 heavy (non-hydrogen) atoms. The van der Waals surface area contributed by atoms with Crippen LogP contribution in [0.15, 0.2) is 133 Å². The third kappa shape index (κ3) is 7.86. The van der Waals surface area contributed by atoms with E-state index in [0.717, 1.165) is 45.0 Å². The van der Waals surface area contributed by atoms with E-state index in [4.69, 9.17) is 15.0 Å². The van der Waals surface area contributed by atoms with Crippen LogP contribution in [0, 0.1) is 13.8 Å². The Bertz CT molecular complexity index is 1740. The fourth-order valence-corrected chi connectivity index (χ4v) is 4.67. The third-order valence-corrected chi connectivity index (χ3v) is 6.99. The van der Waals surface area contributed by atoms with Crippen LogP contribution in [-0.4, -0.2) is 15.7 Å². The van der Waals surface area contributed by atoms with E-state index in [1.807, 2.05) is 93.6 Å². The molecule has 0 aliphatic carbocycles. The van der Waals surface area contributed by atoms with Gasteiger partial charge in [0.1, 0.15) is 5.82 Å². The predicted molar refractivity (Wildman–Crippen MR) is 182 cm³/mol.